The van der Waals surface area contributed by atoms with Gasteiger partial charge in [-0.1, -0.05) is 98.6 Å². The van der Waals surface area contributed by atoms with Crippen molar-refractivity contribution in [3.63, 3.8) is 0 Å². The van der Waals surface area contributed by atoms with Crippen molar-refractivity contribution in [1.82, 2.24) is 39.9 Å². The maximum absolute atomic E-state index is 5.78. The zero-order valence-electron chi connectivity index (χ0n) is 45.1. The molecule has 0 atom stereocenters. The maximum atomic E-state index is 5.78. The van der Waals surface area contributed by atoms with E-state index in [4.69, 9.17) is 69.6 Å². The van der Waals surface area contributed by atoms with Crippen LogP contribution in [-0.4, -0.2) is 39.9 Å². The summed E-state index contributed by atoms with van der Waals surface area (Å²) in [6, 6.07) is 18.0. The van der Waals surface area contributed by atoms with Crippen molar-refractivity contribution < 1.29 is 0 Å². The minimum absolute atomic E-state index is 0.598. The normalized spacial score (nSPS) is 9.64. The molecule has 73 heavy (non-hydrogen) atoms. The molecule has 9 rings (SSSR count). The van der Waals surface area contributed by atoms with Crippen LogP contribution in [0, 0.1) is 118 Å². The Balaban J connectivity index is 0.000000411. The van der Waals surface area contributed by atoms with Gasteiger partial charge in [-0.15, -0.1) is 50.4 Å². The highest BCUT2D eigenvalue weighted by atomic mass is 35.5. The highest BCUT2D eigenvalue weighted by Crippen LogP contribution is 2.25. The predicted molar refractivity (Wildman–Crippen MR) is 324 cm³/mol. The summed E-state index contributed by atoms with van der Waals surface area (Å²) in [7, 11) is 1.85. The summed E-state index contributed by atoms with van der Waals surface area (Å²) < 4.78 is 3.40. The van der Waals surface area contributed by atoms with Crippen LogP contribution < -0.4 is 0 Å². The minimum Gasteiger partial charge on any atom is -0.260 e. The molecule has 0 bridgehead atoms. The molecule has 8 nitrogen and oxygen atoms in total. The Morgan fingerprint density at radius 1 is 0.425 bits per heavy atom. The number of aromatic nitrogens is 8. The lowest BCUT2D eigenvalue weighted by Crippen LogP contribution is -1.85. The van der Waals surface area contributed by atoms with E-state index in [0.29, 0.717) is 5.15 Å². The smallest absolute Gasteiger partial charge is 0.131 e. The van der Waals surface area contributed by atoms with Gasteiger partial charge in [-0.2, -0.15) is 0 Å². The number of pyridine rings is 3. The molecule has 0 aliphatic rings. The van der Waals surface area contributed by atoms with Crippen molar-refractivity contribution >= 4 is 115 Å². The number of aryl methyl sites for hydroxylation is 18. The van der Waals surface area contributed by atoms with Crippen LogP contribution in [0.5, 0.6) is 0 Å². The number of thiophene rings is 2. The standard InChI is InChI=1S/C8H9Cl.3C7H8ClN.C6H7ClS.C6H8S.C5H6ClNS.C5H7NS.C4H7N3/c1-6-3-4-8(9)7(2)5-6;1-5-3-6(2)9-4-7(5)8;1-5-3-6(2)7(8)9-4-5;1-5-3-4-7(8)6(2)9-5;1-4-3-5(2)8-6(4)7;1-5-3-6(2)7-4-5;1-3-5(6)8-4(2)7-3;1-4-3-7-5(2)6-4;1-4-3-7(2)6-5-4/h3-5H,1-2H3;3*3-4H,1-2H3;3H,1-2H3;3-4H,1-2H3;1-2H3;2*3H,1-2H3. The van der Waals surface area contributed by atoms with Gasteiger partial charge in [0.05, 0.1) is 41.5 Å². The molecule has 1 aromatic carbocycles. The third-order valence-corrected chi connectivity index (χ3v) is 15.3. The number of hydrogen-bond acceptors (Lipinski definition) is 11. The second kappa shape index (κ2) is 35.5. The molecule has 0 unspecified atom stereocenters. The van der Waals surface area contributed by atoms with Crippen molar-refractivity contribution in [2.75, 3.05) is 0 Å². The molecule has 0 saturated heterocycles. The summed E-state index contributed by atoms with van der Waals surface area (Å²) in [6.45, 7) is 33.9. The summed E-state index contributed by atoms with van der Waals surface area (Å²) >= 11 is 41.0. The third kappa shape index (κ3) is 30.4. The van der Waals surface area contributed by atoms with Gasteiger partial charge in [-0.3, -0.25) is 14.6 Å². The van der Waals surface area contributed by atoms with E-state index in [1.807, 2.05) is 140 Å². The van der Waals surface area contributed by atoms with E-state index in [2.05, 4.69) is 91.9 Å². The van der Waals surface area contributed by atoms with Gasteiger partial charge in [0.2, 0.25) is 0 Å². The van der Waals surface area contributed by atoms with Crippen LogP contribution >= 0.6 is 115 Å². The van der Waals surface area contributed by atoms with Crippen LogP contribution in [0.2, 0.25) is 28.9 Å². The van der Waals surface area contributed by atoms with Crippen molar-refractivity contribution in [1.29, 1.82) is 0 Å². The number of rotatable bonds is 0. The Kier molecular flexibility index (Phi) is 32.7. The van der Waals surface area contributed by atoms with Gasteiger partial charge >= 0.3 is 0 Å². The number of benzene rings is 1. The van der Waals surface area contributed by atoms with E-state index in [1.54, 1.807) is 51.1 Å². The molecule has 0 aliphatic heterocycles. The molecule has 0 aliphatic carbocycles. The summed E-state index contributed by atoms with van der Waals surface area (Å²) in [5, 5.41) is 16.7. The average Bonchev–Trinajstić information content (AvgIpc) is 4.13. The lowest BCUT2D eigenvalue weighted by Gasteiger charge is -1.96. The van der Waals surface area contributed by atoms with Crippen LogP contribution in [-0.2, 0) is 7.05 Å². The Labute approximate surface area is 481 Å². The number of hydrogen-bond donors (Lipinski definition) is 0. The second-order valence-corrected chi connectivity index (χ2v) is 24.1. The summed E-state index contributed by atoms with van der Waals surface area (Å²) in [5.41, 5.74) is 14.2. The lowest BCUT2D eigenvalue weighted by atomic mass is 10.2. The molecule has 8 aromatic heterocycles. The zero-order chi connectivity index (χ0) is 55.5. The molecular formula is C55H68Cl6N8S4. The predicted octanol–water partition coefficient (Wildman–Crippen LogP) is 19.7. The topological polar surface area (TPSA) is 95.2 Å². The molecule has 0 fully saturated rings. The number of halogens is 6. The van der Waals surface area contributed by atoms with Gasteiger partial charge < -0.3 is 0 Å². The minimum atomic E-state index is 0.598. The van der Waals surface area contributed by atoms with Gasteiger partial charge in [-0.05, 0) is 193 Å². The van der Waals surface area contributed by atoms with E-state index in [1.165, 1.54) is 37.8 Å². The molecule has 394 valence electrons. The summed E-state index contributed by atoms with van der Waals surface area (Å²) in [5.74, 6) is 0. The first-order valence-corrected chi connectivity index (χ1v) is 28.3. The third-order valence-electron chi connectivity index (χ3n) is 8.95. The van der Waals surface area contributed by atoms with Gasteiger partial charge in [0.25, 0.3) is 0 Å². The molecule has 0 radical (unpaired) electrons. The van der Waals surface area contributed by atoms with E-state index in [0.717, 1.165) is 90.2 Å². The van der Waals surface area contributed by atoms with Crippen molar-refractivity contribution in [2.24, 2.45) is 7.05 Å². The van der Waals surface area contributed by atoms with Gasteiger partial charge in [0.15, 0.2) is 0 Å². The molecule has 0 amide bonds. The second-order valence-electron chi connectivity index (χ2n) is 16.6. The largest absolute Gasteiger partial charge is 0.260 e. The average molecular weight is 1180 g/mol. The molecule has 0 saturated carbocycles. The van der Waals surface area contributed by atoms with Crippen LogP contribution in [0.25, 0.3) is 0 Å². The Morgan fingerprint density at radius 3 is 1.34 bits per heavy atom. The van der Waals surface area contributed by atoms with Crippen LogP contribution in [0.15, 0.2) is 83.9 Å². The fourth-order valence-electron chi connectivity index (χ4n) is 5.47. The summed E-state index contributed by atoms with van der Waals surface area (Å²) in [6.07, 6.45) is 5.29. The molecule has 0 spiro atoms. The Hall–Kier alpha value is -3.79. The van der Waals surface area contributed by atoms with Gasteiger partial charge in [0.1, 0.15) is 9.49 Å². The SMILES string of the molecule is Cc1cc(C)c(Cl)cn1.Cc1cc(C)c(Cl)s1.Cc1ccc(Cl)c(C)c1.Cc1ccc(Cl)c(C)n1.Cc1cn(C)nn1.Cc1cnc(Cl)c(C)c1.Cc1csc(C)c1.Cc1csc(C)n1.Cc1nc(C)c(Cl)s1. The van der Waals surface area contributed by atoms with Crippen molar-refractivity contribution in [3.8, 4) is 0 Å². The molecule has 18 heteroatoms. The van der Waals surface area contributed by atoms with Crippen molar-refractivity contribution in [2.45, 2.75) is 118 Å². The highest BCUT2D eigenvalue weighted by molar-refractivity contribution is 7.16. The highest BCUT2D eigenvalue weighted by Gasteiger charge is 1.99. The molecule has 8 heterocycles. The maximum Gasteiger partial charge on any atom is 0.131 e. The van der Waals surface area contributed by atoms with E-state index >= 15 is 0 Å². The van der Waals surface area contributed by atoms with Crippen LogP contribution in [0.4, 0.5) is 0 Å². The number of thiazole rings is 2. The Bertz CT molecular complexity index is 2590. The van der Waals surface area contributed by atoms with Gasteiger partial charge in [0, 0.05) is 62.9 Å². The first-order valence-electron chi connectivity index (χ1n) is 22.6. The van der Waals surface area contributed by atoms with Crippen molar-refractivity contribution in [3.05, 3.63) is 206 Å². The summed E-state index contributed by atoms with van der Waals surface area (Å²) in [4.78, 5) is 23.0. The van der Waals surface area contributed by atoms with E-state index in [9.17, 15) is 0 Å². The van der Waals surface area contributed by atoms with Crippen LogP contribution in [0.3, 0.4) is 0 Å². The van der Waals surface area contributed by atoms with Gasteiger partial charge in [-0.25, -0.2) is 15.0 Å². The molecule has 0 N–H and O–H groups in total. The van der Waals surface area contributed by atoms with E-state index < -0.39 is 0 Å². The first-order chi connectivity index (χ1) is 34.1. The fourth-order valence-corrected chi connectivity index (χ4v) is 9.36. The first kappa shape index (κ1) is 67.2. The Morgan fingerprint density at radius 2 is 1.05 bits per heavy atom. The number of nitrogens with zero attached hydrogens (tertiary/aromatic N) is 8. The fraction of sp³-hybridized carbons (Fsp3) is 0.327. The van der Waals surface area contributed by atoms with E-state index in [-0.39, 0.29) is 0 Å². The molecule has 9 aromatic rings. The lowest BCUT2D eigenvalue weighted by molar-refractivity contribution is 0.714. The molecular weight excluding hydrogens is 1110 g/mol. The zero-order valence-corrected chi connectivity index (χ0v) is 52.9. The quantitative estimate of drug-likeness (QED) is 0.140. The monoisotopic (exact) mass is 1180 g/mol. The van der Waals surface area contributed by atoms with Crippen LogP contribution in [0.1, 0.15) is 92.9 Å².